The molecule has 1 fully saturated rings. The van der Waals surface area contributed by atoms with Crippen molar-refractivity contribution in [2.45, 2.75) is 24.3 Å². The normalized spacial score (nSPS) is 21.5. The fourth-order valence-corrected chi connectivity index (χ4v) is 3.97. The lowest BCUT2D eigenvalue weighted by Gasteiger charge is -2.21. The second-order valence-corrected chi connectivity index (χ2v) is 7.87. The first-order valence-corrected chi connectivity index (χ1v) is 8.84. The summed E-state index contributed by atoms with van der Waals surface area (Å²) in [5, 5.41) is 0.458. The smallest absolute Gasteiger partial charge is 0.238 e. The van der Waals surface area contributed by atoms with Crippen molar-refractivity contribution in [2.24, 2.45) is 11.7 Å². The maximum absolute atomic E-state index is 12.3. The molecule has 1 aromatic carbocycles. The van der Waals surface area contributed by atoms with Gasteiger partial charge in [0.1, 0.15) is 5.75 Å². The van der Waals surface area contributed by atoms with E-state index in [1.807, 2.05) is 6.92 Å². The first-order valence-electron chi connectivity index (χ1n) is 6.81. The zero-order valence-corrected chi connectivity index (χ0v) is 14.6. The standard InChI is InChI=1S/C14H19ClN2O3S.ClH/c1-10-6-11(7-16)8-17(10)14(18)9-21(19,20)13-4-2-12(15)3-5-13;/h2-5,10-11H,6-9,16H2,1H3;1H. The number of benzene rings is 1. The molecule has 124 valence electrons. The predicted molar refractivity (Wildman–Crippen MR) is 89.1 cm³/mol. The maximum Gasteiger partial charge on any atom is 0.238 e. The van der Waals surface area contributed by atoms with Crippen molar-refractivity contribution in [1.29, 1.82) is 0 Å². The van der Waals surface area contributed by atoms with Crippen LogP contribution in [-0.2, 0) is 14.6 Å². The molecule has 1 heterocycles. The molecule has 1 aliphatic heterocycles. The molecular formula is C14H20Cl2N2O3S. The largest absolute Gasteiger partial charge is 0.339 e. The average molecular weight is 367 g/mol. The van der Waals surface area contributed by atoms with Gasteiger partial charge in [-0.3, -0.25) is 4.79 Å². The number of hydrogen-bond donors (Lipinski definition) is 1. The topological polar surface area (TPSA) is 80.5 Å². The van der Waals surface area contributed by atoms with E-state index in [1.165, 1.54) is 24.3 Å². The van der Waals surface area contributed by atoms with Crippen LogP contribution in [0.15, 0.2) is 29.2 Å². The van der Waals surface area contributed by atoms with Crippen LogP contribution in [0.5, 0.6) is 0 Å². The summed E-state index contributed by atoms with van der Waals surface area (Å²) in [5.41, 5.74) is 5.62. The van der Waals surface area contributed by atoms with Gasteiger partial charge in [-0.25, -0.2) is 8.42 Å². The van der Waals surface area contributed by atoms with Crippen molar-refractivity contribution < 1.29 is 13.2 Å². The molecule has 0 aromatic heterocycles. The van der Waals surface area contributed by atoms with Crippen molar-refractivity contribution in [3.8, 4) is 0 Å². The molecule has 0 spiro atoms. The number of sulfone groups is 1. The van der Waals surface area contributed by atoms with Crippen LogP contribution < -0.4 is 5.73 Å². The van der Waals surface area contributed by atoms with E-state index < -0.39 is 15.6 Å². The monoisotopic (exact) mass is 366 g/mol. The molecule has 2 atom stereocenters. The van der Waals surface area contributed by atoms with E-state index in [0.717, 1.165) is 6.42 Å². The molecular weight excluding hydrogens is 347 g/mol. The van der Waals surface area contributed by atoms with Gasteiger partial charge in [0, 0.05) is 17.6 Å². The van der Waals surface area contributed by atoms with E-state index in [1.54, 1.807) is 4.90 Å². The van der Waals surface area contributed by atoms with Crippen molar-refractivity contribution in [3.63, 3.8) is 0 Å². The highest BCUT2D eigenvalue weighted by Gasteiger charge is 2.33. The van der Waals surface area contributed by atoms with E-state index in [4.69, 9.17) is 17.3 Å². The van der Waals surface area contributed by atoms with Gasteiger partial charge in [0.2, 0.25) is 5.91 Å². The third-order valence-corrected chi connectivity index (χ3v) is 5.67. The molecule has 2 unspecified atom stereocenters. The number of nitrogens with two attached hydrogens (primary N) is 1. The first-order chi connectivity index (χ1) is 9.83. The SMILES string of the molecule is CC1CC(CN)CN1C(=O)CS(=O)(=O)c1ccc(Cl)cc1.Cl. The summed E-state index contributed by atoms with van der Waals surface area (Å²) in [5.74, 6) is -0.633. The molecule has 1 aromatic rings. The van der Waals surface area contributed by atoms with Crippen LogP contribution in [0.2, 0.25) is 5.02 Å². The zero-order chi connectivity index (χ0) is 15.6. The van der Waals surface area contributed by atoms with E-state index in [0.29, 0.717) is 18.1 Å². The molecule has 8 heteroatoms. The Morgan fingerprint density at radius 1 is 1.36 bits per heavy atom. The molecule has 2 rings (SSSR count). The molecule has 2 N–H and O–H groups in total. The lowest BCUT2D eigenvalue weighted by molar-refractivity contribution is -0.129. The molecule has 0 bridgehead atoms. The van der Waals surface area contributed by atoms with E-state index in [-0.39, 0.29) is 35.2 Å². The van der Waals surface area contributed by atoms with Gasteiger partial charge in [0.05, 0.1) is 4.90 Å². The highest BCUT2D eigenvalue weighted by atomic mass is 35.5. The third kappa shape index (κ3) is 4.35. The van der Waals surface area contributed by atoms with Gasteiger partial charge >= 0.3 is 0 Å². The van der Waals surface area contributed by atoms with Crippen LogP contribution in [0.4, 0.5) is 0 Å². The van der Waals surface area contributed by atoms with Gasteiger partial charge in [-0.1, -0.05) is 11.6 Å². The summed E-state index contributed by atoms with van der Waals surface area (Å²) >= 11 is 5.74. The number of carbonyl (C=O) groups excluding carboxylic acids is 1. The van der Waals surface area contributed by atoms with Gasteiger partial charge in [0.15, 0.2) is 9.84 Å². The molecule has 1 saturated heterocycles. The summed E-state index contributed by atoms with van der Waals surface area (Å²) in [4.78, 5) is 14.0. The van der Waals surface area contributed by atoms with Crippen molar-refractivity contribution in [1.82, 2.24) is 4.90 Å². The number of hydrogen-bond acceptors (Lipinski definition) is 4. The number of carbonyl (C=O) groups is 1. The molecule has 0 saturated carbocycles. The maximum atomic E-state index is 12.3. The Morgan fingerprint density at radius 2 is 1.95 bits per heavy atom. The summed E-state index contributed by atoms with van der Waals surface area (Å²) in [6, 6.07) is 5.87. The van der Waals surface area contributed by atoms with Crippen molar-refractivity contribution >= 4 is 39.8 Å². The Morgan fingerprint density at radius 3 is 2.45 bits per heavy atom. The van der Waals surface area contributed by atoms with Crippen molar-refractivity contribution in [2.75, 3.05) is 18.8 Å². The second kappa shape index (κ2) is 7.64. The van der Waals surface area contributed by atoms with Gasteiger partial charge in [-0.2, -0.15) is 0 Å². The van der Waals surface area contributed by atoms with Gasteiger partial charge in [-0.15, -0.1) is 12.4 Å². The van der Waals surface area contributed by atoms with E-state index >= 15 is 0 Å². The number of halogens is 2. The third-order valence-electron chi connectivity index (χ3n) is 3.80. The Labute approximate surface area is 142 Å². The van der Waals surface area contributed by atoms with Crippen LogP contribution in [-0.4, -0.2) is 44.1 Å². The Hall–Kier alpha value is -0.820. The highest BCUT2D eigenvalue weighted by molar-refractivity contribution is 7.92. The van der Waals surface area contributed by atoms with Crippen LogP contribution in [0, 0.1) is 5.92 Å². The molecule has 5 nitrogen and oxygen atoms in total. The molecule has 1 aliphatic rings. The van der Waals surface area contributed by atoms with Crippen molar-refractivity contribution in [3.05, 3.63) is 29.3 Å². The minimum absolute atomic E-state index is 0. The molecule has 0 aliphatic carbocycles. The average Bonchev–Trinajstić information content (AvgIpc) is 2.80. The lowest BCUT2D eigenvalue weighted by atomic mass is 10.1. The predicted octanol–water partition coefficient (Wildman–Crippen LogP) is 1.73. The fourth-order valence-electron chi connectivity index (χ4n) is 2.63. The minimum atomic E-state index is -3.64. The number of amides is 1. The van der Waals surface area contributed by atoms with E-state index in [2.05, 4.69) is 0 Å². The number of likely N-dealkylation sites (tertiary alicyclic amines) is 1. The summed E-state index contributed by atoms with van der Waals surface area (Å²) in [7, 11) is -3.64. The Bertz CT molecular complexity index is 619. The number of nitrogens with zero attached hydrogens (tertiary/aromatic N) is 1. The van der Waals surface area contributed by atoms with Gasteiger partial charge in [-0.05, 0) is 50.1 Å². The van der Waals surface area contributed by atoms with Gasteiger partial charge in [0.25, 0.3) is 0 Å². The lowest BCUT2D eigenvalue weighted by Crippen LogP contribution is -2.38. The van der Waals surface area contributed by atoms with Crippen LogP contribution in [0.25, 0.3) is 0 Å². The first kappa shape index (κ1) is 19.2. The minimum Gasteiger partial charge on any atom is -0.339 e. The molecule has 0 radical (unpaired) electrons. The highest BCUT2D eigenvalue weighted by Crippen LogP contribution is 2.23. The second-order valence-electron chi connectivity index (χ2n) is 5.45. The van der Waals surface area contributed by atoms with Crippen LogP contribution in [0.3, 0.4) is 0 Å². The van der Waals surface area contributed by atoms with Gasteiger partial charge < -0.3 is 10.6 Å². The van der Waals surface area contributed by atoms with Crippen LogP contribution >= 0.6 is 24.0 Å². The van der Waals surface area contributed by atoms with E-state index in [9.17, 15) is 13.2 Å². The molecule has 1 amide bonds. The summed E-state index contributed by atoms with van der Waals surface area (Å²) in [6.07, 6.45) is 0.823. The summed E-state index contributed by atoms with van der Waals surface area (Å²) in [6.45, 7) is 2.97. The molecule has 22 heavy (non-hydrogen) atoms. The Kier molecular flexibility index (Phi) is 6.67. The van der Waals surface area contributed by atoms with Crippen LogP contribution in [0.1, 0.15) is 13.3 Å². The number of rotatable bonds is 4. The summed E-state index contributed by atoms with van der Waals surface area (Å²) < 4.78 is 24.5. The Balaban J connectivity index is 0.00000242. The zero-order valence-electron chi connectivity index (χ0n) is 12.2. The quantitative estimate of drug-likeness (QED) is 0.879. The fraction of sp³-hybridized carbons (Fsp3) is 0.500.